The first-order chi connectivity index (χ1) is 6.68. The average molecular weight is 217 g/mol. The second kappa shape index (κ2) is 5.99. The number of rotatable bonds is 8. The lowest BCUT2D eigenvalue weighted by atomic mass is 10.2. The maximum Gasteiger partial charge on any atom is 0.0591 e. The minimum absolute atomic E-state index is 0.581. The quantitative estimate of drug-likeness (QED) is 0.629. The van der Waals surface area contributed by atoms with Gasteiger partial charge in [-0.1, -0.05) is 13.8 Å². The third-order valence-electron chi connectivity index (χ3n) is 2.56. The predicted octanol–water partition coefficient (Wildman–Crippen LogP) is 2.14. The molecule has 0 unspecified atom stereocenters. The van der Waals surface area contributed by atoms with Crippen LogP contribution in [-0.2, 0) is 4.74 Å². The van der Waals surface area contributed by atoms with Crippen LogP contribution < -0.4 is 5.32 Å². The zero-order valence-electron chi connectivity index (χ0n) is 9.64. The molecule has 0 saturated heterocycles. The van der Waals surface area contributed by atoms with E-state index in [2.05, 4.69) is 25.4 Å². The van der Waals surface area contributed by atoms with E-state index in [0.717, 1.165) is 26.3 Å². The first-order valence-corrected chi connectivity index (χ1v) is 6.75. The zero-order chi connectivity index (χ0) is 10.4. The van der Waals surface area contributed by atoms with Crippen molar-refractivity contribution >= 4 is 11.8 Å². The Morgan fingerprint density at radius 2 is 2.14 bits per heavy atom. The minimum Gasteiger partial charge on any atom is -0.380 e. The molecule has 0 spiro atoms. The third kappa shape index (κ3) is 4.67. The molecule has 0 atom stereocenters. The molecule has 0 amide bonds. The normalized spacial score (nSPS) is 18.9. The summed E-state index contributed by atoms with van der Waals surface area (Å²) < 4.78 is 6.08. The summed E-state index contributed by atoms with van der Waals surface area (Å²) in [6.45, 7) is 8.24. The highest BCUT2D eigenvalue weighted by Crippen LogP contribution is 2.46. The lowest BCUT2D eigenvalue weighted by Crippen LogP contribution is -2.29. The molecule has 3 heteroatoms. The SMILES string of the molecule is CSC1(CNCCOCC(C)C)CC1. The summed E-state index contributed by atoms with van der Waals surface area (Å²) in [4.78, 5) is 0. The van der Waals surface area contributed by atoms with Crippen molar-refractivity contribution in [1.29, 1.82) is 0 Å². The van der Waals surface area contributed by atoms with Gasteiger partial charge in [0.05, 0.1) is 6.61 Å². The topological polar surface area (TPSA) is 21.3 Å². The van der Waals surface area contributed by atoms with Crippen LogP contribution in [0.15, 0.2) is 0 Å². The van der Waals surface area contributed by atoms with Gasteiger partial charge in [-0.3, -0.25) is 0 Å². The van der Waals surface area contributed by atoms with Crippen molar-refractivity contribution in [1.82, 2.24) is 5.32 Å². The molecule has 0 aromatic carbocycles. The molecule has 0 aromatic heterocycles. The molecule has 84 valence electrons. The first kappa shape index (κ1) is 12.3. The number of thioether (sulfide) groups is 1. The fraction of sp³-hybridized carbons (Fsp3) is 1.00. The highest BCUT2D eigenvalue weighted by atomic mass is 32.2. The molecule has 1 fully saturated rings. The molecule has 0 radical (unpaired) electrons. The lowest BCUT2D eigenvalue weighted by molar-refractivity contribution is 0.112. The summed E-state index contributed by atoms with van der Waals surface area (Å²) in [5.41, 5.74) is 0. The summed E-state index contributed by atoms with van der Waals surface area (Å²) in [6.07, 6.45) is 4.98. The number of hydrogen-bond acceptors (Lipinski definition) is 3. The van der Waals surface area contributed by atoms with E-state index in [4.69, 9.17) is 4.74 Å². The molecule has 0 bridgehead atoms. The first-order valence-electron chi connectivity index (χ1n) is 5.52. The Hall–Kier alpha value is 0.270. The van der Waals surface area contributed by atoms with Crippen LogP contribution in [0.4, 0.5) is 0 Å². The second-order valence-electron chi connectivity index (χ2n) is 4.53. The Morgan fingerprint density at radius 1 is 1.43 bits per heavy atom. The van der Waals surface area contributed by atoms with Crippen LogP contribution in [0.1, 0.15) is 26.7 Å². The molecule has 14 heavy (non-hydrogen) atoms. The molecule has 1 N–H and O–H groups in total. The predicted molar refractivity (Wildman–Crippen MR) is 64.0 cm³/mol. The molecule has 2 nitrogen and oxygen atoms in total. The Bertz CT molecular complexity index is 157. The standard InChI is InChI=1S/C11H23NOS/c1-10(2)8-13-7-6-12-9-11(14-3)4-5-11/h10,12H,4-9H2,1-3H3. The van der Waals surface area contributed by atoms with Crippen LogP contribution in [0.5, 0.6) is 0 Å². The minimum atomic E-state index is 0.581. The maximum absolute atomic E-state index is 5.49. The van der Waals surface area contributed by atoms with Crippen LogP contribution in [-0.4, -0.2) is 37.3 Å². The fourth-order valence-corrected chi connectivity index (χ4v) is 2.13. The lowest BCUT2D eigenvalue weighted by Gasteiger charge is -2.13. The molecule has 0 aliphatic heterocycles. The van der Waals surface area contributed by atoms with Gasteiger partial charge in [-0.2, -0.15) is 11.8 Å². The summed E-state index contributed by atoms with van der Waals surface area (Å²) in [6, 6.07) is 0. The van der Waals surface area contributed by atoms with E-state index in [0.29, 0.717) is 10.7 Å². The van der Waals surface area contributed by atoms with Crippen molar-refractivity contribution in [3.8, 4) is 0 Å². The van der Waals surface area contributed by atoms with Gasteiger partial charge in [-0.05, 0) is 25.0 Å². The van der Waals surface area contributed by atoms with Gasteiger partial charge in [0.2, 0.25) is 0 Å². The van der Waals surface area contributed by atoms with Gasteiger partial charge in [0.25, 0.3) is 0 Å². The van der Waals surface area contributed by atoms with Crippen LogP contribution in [0.3, 0.4) is 0 Å². The van der Waals surface area contributed by atoms with E-state index < -0.39 is 0 Å². The van der Waals surface area contributed by atoms with Crippen molar-refractivity contribution in [3.63, 3.8) is 0 Å². The molecular formula is C11H23NOS. The van der Waals surface area contributed by atoms with Crippen LogP contribution in [0.25, 0.3) is 0 Å². The average Bonchev–Trinajstić information content (AvgIpc) is 2.91. The molecule has 1 rings (SSSR count). The Morgan fingerprint density at radius 3 is 2.64 bits per heavy atom. The Balaban J connectivity index is 1.85. The Labute approximate surface area is 92.2 Å². The van der Waals surface area contributed by atoms with E-state index in [1.807, 2.05) is 11.8 Å². The maximum atomic E-state index is 5.49. The molecular weight excluding hydrogens is 194 g/mol. The largest absolute Gasteiger partial charge is 0.380 e. The third-order valence-corrected chi connectivity index (χ3v) is 3.98. The van der Waals surface area contributed by atoms with E-state index in [1.54, 1.807) is 0 Å². The van der Waals surface area contributed by atoms with Crippen LogP contribution >= 0.6 is 11.8 Å². The van der Waals surface area contributed by atoms with Gasteiger partial charge in [-0.25, -0.2) is 0 Å². The van der Waals surface area contributed by atoms with Crippen molar-refractivity contribution in [2.75, 3.05) is 32.6 Å². The monoisotopic (exact) mass is 217 g/mol. The number of nitrogens with one attached hydrogen (secondary N) is 1. The zero-order valence-corrected chi connectivity index (χ0v) is 10.5. The number of hydrogen-bond donors (Lipinski definition) is 1. The Kier molecular flexibility index (Phi) is 5.28. The summed E-state index contributed by atoms with van der Waals surface area (Å²) in [5.74, 6) is 0.649. The molecule has 1 aliphatic rings. The number of ether oxygens (including phenoxy) is 1. The van der Waals surface area contributed by atoms with Gasteiger partial charge in [-0.15, -0.1) is 0 Å². The fourth-order valence-electron chi connectivity index (χ4n) is 1.37. The van der Waals surface area contributed by atoms with Crippen LogP contribution in [0.2, 0.25) is 0 Å². The molecule has 0 heterocycles. The van der Waals surface area contributed by atoms with Crippen molar-refractivity contribution < 1.29 is 4.74 Å². The summed E-state index contributed by atoms with van der Waals surface area (Å²) in [5, 5.41) is 3.47. The molecule has 1 saturated carbocycles. The van der Waals surface area contributed by atoms with Gasteiger partial charge in [0, 0.05) is 24.4 Å². The van der Waals surface area contributed by atoms with Gasteiger partial charge < -0.3 is 10.1 Å². The van der Waals surface area contributed by atoms with E-state index >= 15 is 0 Å². The van der Waals surface area contributed by atoms with E-state index in [9.17, 15) is 0 Å². The van der Waals surface area contributed by atoms with Gasteiger partial charge in [0.1, 0.15) is 0 Å². The van der Waals surface area contributed by atoms with Gasteiger partial charge in [0.15, 0.2) is 0 Å². The van der Waals surface area contributed by atoms with Crippen molar-refractivity contribution in [2.45, 2.75) is 31.4 Å². The van der Waals surface area contributed by atoms with Gasteiger partial charge >= 0.3 is 0 Å². The second-order valence-corrected chi connectivity index (χ2v) is 5.81. The molecule has 1 aliphatic carbocycles. The summed E-state index contributed by atoms with van der Waals surface area (Å²) in [7, 11) is 0. The highest BCUT2D eigenvalue weighted by molar-refractivity contribution is 8.00. The van der Waals surface area contributed by atoms with Crippen molar-refractivity contribution in [3.05, 3.63) is 0 Å². The van der Waals surface area contributed by atoms with E-state index in [1.165, 1.54) is 12.8 Å². The highest BCUT2D eigenvalue weighted by Gasteiger charge is 2.41. The summed E-state index contributed by atoms with van der Waals surface area (Å²) >= 11 is 2.00. The van der Waals surface area contributed by atoms with Crippen molar-refractivity contribution in [2.24, 2.45) is 5.92 Å². The molecule has 0 aromatic rings. The van der Waals surface area contributed by atoms with E-state index in [-0.39, 0.29) is 0 Å². The smallest absolute Gasteiger partial charge is 0.0591 e. The van der Waals surface area contributed by atoms with Crippen LogP contribution in [0, 0.1) is 5.92 Å².